The number of aromatic nitrogens is 2. The Morgan fingerprint density at radius 3 is 2.75 bits per heavy atom. The lowest BCUT2D eigenvalue weighted by molar-refractivity contribution is 0.210. The molecule has 0 atom stereocenters. The number of rotatable bonds is 4. The highest BCUT2D eigenvalue weighted by Crippen LogP contribution is 1.96. The first kappa shape index (κ1) is 8.86. The quantitative estimate of drug-likeness (QED) is 0.676. The Balaban J connectivity index is 2.37. The summed E-state index contributed by atoms with van der Waals surface area (Å²) in [6.07, 6.45) is 2.23. The molecule has 5 heteroatoms. The van der Waals surface area contributed by atoms with Crippen molar-refractivity contribution < 1.29 is 9.13 Å². The first-order chi connectivity index (χ1) is 5.83. The number of anilines is 1. The fourth-order valence-corrected chi connectivity index (χ4v) is 0.668. The van der Waals surface area contributed by atoms with Gasteiger partial charge >= 0.3 is 0 Å². The molecule has 0 fully saturated rings. The van der Waals surface area contributed by atoms with Gasteiger partial charge in [0, 0.05) is 13.7 Å². The normalized spacial score (nSPS) is 9.83. The third-order valence-electron chi connectivity index (χ3n) is 1.21. The first-order valence-electron chi connectivity index (χ1n) is 3.53. The van der Waals surface area contributed by atoms with E-state index in [-0.39, 0.29) is 0 Å². The molecular weight excluding hydrogens is 161 g/mol. The van der Waals surface area contributed by atoms with E-state index in [0.717, 1.165) is 12.4 Å². The molecule has 0 aliphatic rings. The van der Waals surface area contributed by atoms with E-state index >= 15 is 0 Å². The van der Waals surface area contributed by atoms with Crippen LogP contribution in [0.25, 0.3) is 0 Å². The maximum absolute atomic E-state index is 12.3. The zero-order valence-corrected chi connectivity index (χ0v) is 6.75. The lowest BCUT2D eigenvalue weighted by atomic mass is 10.6. The van der Waals surface area contributed by atoms with E-state index in [9.17, 15) is 4.39 Å². The molecule has 1 aromatic heterocycles. The summed E-state index contributed by atoms with van der Waals surface area (Å²) in [6.45, 7) is 1.18. The summed E-state index contributed by atoms with van der Waals surface area (Å²) >= 11 is 0. The third kappa shape index (κ3) is 2.79. The number of nitrogens with zero attached hydrogens (tertiary/aromatic N) is 2. The number of hydrogen-bond donors (Lipinski definition) is 1. The van der Waals surface area contributed by atoms with Gasteiger partial charge in [-0.25, -0.2) is 14.4 Å². The highest BCUT2D eigenvalue weighted by atomic mass is 19.1. The summed E-state index contributed by atoms with van der Waals surface area (Å²) in [5.74, 6) is -0.0271. The Morgan fingerprint density at radius 1 is 1.50 bits per heavy atom. The zero-order valence-electron chi connectivity index (χ0n) is 6.75. The fourth-order valence-electron chi connectivity index (χ4n) is 0.668. The molecule has 0 saturated heterocycles. The van der Waals surface area contributed by atoms with E-state index in [1.54, 1.807) is 7.11 Å². The predicted octanol–water partition coefficient (Wildman–Crippen LogP) is 0.674. The fraction of sp³-hybridized carbons (Fsp3) is 0.429. The van der Waals surface area contributed by atoms with Crippen LogP contribution in [0, 0.1) is 5.82 Å². The highest BCUT2D eigenvalue weighted by molar-refractivity contribution is 5.21. The SMILES string of the molecule is COCCNc1ncc(F)cn1. The van der Waals surface area contributed by atoms with E-state index < -0.39 is 5.82 Å². The van der Waals surface area contributed by atoms with Crippen molar-refractivity contribution in [3.63, 3.8) is 0 Å². The second-order valence-corrected chi connectivity index (χ2v) is 2.14. The number of nitrogens with one attached hydrogen (secondary N) is 1. The minimum absolute atomic E-state index is 0.411. The van der Waals surface area contributed by atoms with Crippen molar-refractivity contribution in [1.29, 1.82) is 0 Å². The molecule has 1 heterocycles. The van der Waals surface area contributed by atoms with Crippen LogP contribution >= 0.6 is 0 Å². The molecule has 66 valence electrons. The molecule has 1 aromatic rings. The maximum atomic E-state index is 12.3. The van der Waals surface area contributed by atoms with Gasteiger partial charge in [-0.1, -0.05) is 0 Å². The zero-order chi connectivity index (χ0) is 8.81. The smallest absolute Gasteiger partial charge is 0.222 e. The number of ether oxygens (including phenoxy) is 1. The molecule has 0 aromatic carbocycles. The minimum atomic E-state index is -0.438. The molecule has 1 rings (SSSR count). The van der Waals surface area contributed by atoms with Crippen LogP contribution in [0.1, 0.15) is 0 Å². The molecule has 0 spiro atoms. The van der Waals surface area contributed by atoms with Crippen molar-refractivity contribution in [2.75, 3.05) is 25.6 Å². The Labute approximate surface area is 69.8 Å². The maximum Gasteiger partial charge on any atom is 0.222 e. The monoisotopic (exact) mass is 171 g/mol. The topological polar surface area (TPSA) is 47.0 Å². The van der Waals surface area contributed by atoms with E-state index in [1.807, 2.05) is 0 Å². The molecule has 0 unspecified atom stereocenters. The van der Waals surface area contributed by atoms with Crippen LogP contribution in [0.15, 0.2) is 12.4 Å². The Kier molecular flexibility index (Phi) is 3.40. The van der Waals surface area contributed by atoms with Gasteiger partial charge in [0.25, 0.3) is 0 Å². The van der Waals surface area contributed by atoms with Crippen LogP contribution in [0.3, 0.4) is 0 Å². The molecule has 0 radical (unpaired) electrons. The van der Waals surface area contributed by atoms with Crippen LogP contribution in [-0.2, 0) is 4.74 Å². The van der Waals surface area contributed by atoms with Crippen LogP contribution in [0.5, 0.6) is 0 Å². The molecule has 0 saturated carbocycles. The van der Waals surface area contributed by atoms with Crippen LogP contribution < -0.4 is 5.32 Å². The van der Waals surface area contributed by atoms with Crippen molar-refractivity contribution in [3.05, 3.63) is 18.2 Å². The van der Waals surface area contributed by atoms with Gasteiger partial charge in [-0.2, -0.15) is 0 Å². The summed E-state index contributed by atoms with van der Waals surface area (Å²) in [5, 5.41) is 2.86. The summed E-state index contributed by atoms with van der Waals surface area (Å²) < 4.78 is 17.1. The van der Waals surface area contributed by atoms with Gasteiger partial charge < -0.3 is 10.1 Å². The Bertz CT molecular complexity index is 227. The standard InChI is InChI=1S/C7H10FN3O/c1-12-3-2-9-7-10-4-6(8)5-11-7/h4-5H,2-3H2,1H3,(H,9,10,11). The van der Waals surface area contributed by atoms with Crippen LogP contribution in [0.2, 0.25) is 0 Å². The average molecular weight is 171 g/mol. The molecular formula is C7H10FN3O. The van der Waals surface area contributed by atoms with Gasteiger partial charge in [-0.3, -0.25) is 0 Å². The van der Waals surface area contributed by atoms with Gasteiger partial charge in [-0.05, 0) is 0 Å². The first-order valence-corrected chi connectivity index (χ1v) is 3.53. The van der Waals surface area contributed by atoms with Crippen molar-refractivity contribution >= 4 is 5.95 Å². The van der Waals surface area contributed by atoms with Gasteiger partial charge in [0.05, 0.1) is 19.0 Å². The second-order valence-electron chi connectivity index (χ2n) is 2.14. The predicted molar refractivity (Wildman–Crippen MR) is 42.4 cm³/mol. The number of halogens is 1. The van der Waals surface area contributed by atoms with Gasteiger partial charge in [0.15, 0.2) is 5.82 Å². The average Bonchev–Trinajstić information content (AvgIpc) is 2.09. The molecule has 0 aliphatic carbocycles. The summed E-state index contributed by atoms with van der Waals surface area (Å²) in [7, 11) is 1.60. The van der Waals surface area contributed by atoms with Gasteiger partial charge in [0.2, 0.25) is 5.95 Å². The van der Waals surface area contributed by atoms with Gasteiger partial charge in [0.1, 0.15) is 0 Å². The lowest BCUT2D eigenvalue weighted by Gasteiger charge is -2.01. The summed E-state index contributed by atoms with van der Waals surface area (Å²) in [5.41, 5.74) is 0. The molecule has 4 nitrogen and oxygen atoms in total. The molecule has 12 heavy (non-hydrogen) atoms. The second kappa shape index (κ2) is 4.61. The van der Waals surface area contributed by atoms with Crippen molar-refractivity contribution in [2.24, 2.45) is 0 Å². The Morgan fingerprint density at radius 2 is 2.17 bits per heavy atom. The van der Waals surface area contributed by atoms with E-state index in [0.29, 0.717) is 19.1 Å². The van der Waals surface area contributed by atoms with Crippen molar-refractivity contribution in [1.82, 2.24) is 9.97 Å². The van der Waals surface area contributed by atoms with E-state index in [2.05, 4.69) is 15.3 Å². The lowest BCUT2D eigenvalue weighted by Crippen LogP contribution is -2.09. The highest BCUT2D eigenvalue weighted by Gasteiger charge is 1.94. The minimum Gasteiger partial charge on any atom is -0.383 e. The summed E-state index contributed by atoms with van der Waals surface area (Å²) in [4.78, 5) is 7.39. The third-order valence-corrected chi connectivity index (χ3v) is 1.21. The van der Waals surface area contributed by atoms with E-state index in [1.165, 1.54) is 0 Å². The van der Waals surface area contributed by atoms with Crippen LogP contribution in [-0.4, -0.2) is 30.2 Å². The van der Waals surface area contributed by atoms with Crippen molar-refractivity contribution in [2.45, 2.75) is 0 Å². The molecule has 0 aliphatic heterocycles. The molecule has 0 amide bonds. The molecule has 1 N–H and O–H groups in total. The largest absolute Gasteiger partial charge is 0.383 e. The van der Waals surface area contributed by atoms with E-state index in [4.69, 9.17) is 4.74 Å². The molecule has 0 bridgehead atoms. The van der Waals surface area contributed by atoms with Crippen molar-refractivity contribution in [3.8, 4) is 0 Å². The van der Waals surface area contributed by atoms with Gasteiger partial charge in [-0.15, -0.1) is 0 Å². The Hall–Kier alpha value is -1.23. The number of hydrogen-bond acceptors (Lipinski definition) is 4. The van der Waals surface area contributed by atoms with Crippen LogP contribution in [0.4, 0.5) is 10.3 Å². The summed E-state index contributed by atoms with van der Waals surface area (Å²) in [6, 6.07) is 0. The number of methoxy groups -OCH3 is 1.